The highest BCUT2D eigenvalue weighted by molar-refractivity contribution is 7.16. The summed E-state index contributed by atoms with van der Waals surface area (Å²) in [6.45, 7) is 4.58. The Morgan fingerprint density at radius 1 is 1.05 bits per heavy atom. The number of imide groups is 1. The lowest BCUT2D eigenvalue weighted by atomic mass is 9.89. The number of carboxylic acid groups (broad SMARTS) is 1. The van der Waals surface area contributed by atoms with E-state index in [1.165, 1.54) is 6.07 Å². The van der Waals surface area contributed by atoms with Gasteiger partial charge in [0, 0.05) is 50.3 Å². The average Bonchev–Trinajstić information content (AvgIpc) is 3.48. The van der Waals surface area contributed by atoms with Gasteiger partial charge in [-0.15, -0.1) is 16.4 Å². The second-order valence-electron chi connectivity index (χ2n) is 10.9. The smallest absolute Gasteiger partial charge is 0.373 e. The van der Waals surface area contributed by atoms with Gasteiger partial charge in [-0.2, -0.15) is 0 Å². The fourth-order valence-corrected chi connectivity index (χ4v) is 9.24. The molecule has 1 fully saturated rings. The molecule has 0 radical (unpaired) electrons. The van der Waals surface area contributed by atoms with Crippen LogP contribution in [0.3, 0.4) is 0 Å². The molecule has 1 saturated heterocycles. The monoisotopic (exact) mass is 576 g/mol. The molecule has 0 unspecified atom stereocenters. The second kappa shape index (κ2) is 9.83. The molecule has 40 heavy (non-hydrogen) atoms. The predicted molar refractivity (Wildman–Crippen MR) is 156 cm³/mol. The maximum atomic E-state index is 13.0. The lowest BCUT2D eigenvalue weighted by molar-refractivity contribution is -0.462. The van der Waals surface area contributed by atoms with E-state index >= 15 is 0 Å². The average molecular weight is 577 g/mol. The van der Waals surface area contributed by atoms with Crippen LogP contribution in [0.5, 0.6) is 0 Å². The van der Waals surface area contributed by atoms with Crippen LogP contribution in [0.15, 0.2) is 53.3 Å². The molecule has 0 saturated carbocycles. The summed E-state index contributed by atoms with van der Waals surface area (Å²) in [7, 11) is 5.68. The number of hydrogen-bond donors (Lipinski definition) is 1. The molecule has 2 aliphatic heterocycles. The Morgan fingerprint density at radius 3 is 2.33 bits per heavy atom. The summed E-state index contributed by atoms with van der Waals surface area (Å²) in [5.74, 6) is -3.32. The van der Waals surface area contributed by atoms with Crippen LogP contribution in [0.4, 0.5) is 5.69 Å². The molecule has 0 atom stereocenters. The summed E-state index contributed by atoms with van der Waals surface area (Å²) < 4.78 is 2.04. The first-order valence-electron chi connectivity index (χ1n) is 12.8. The number of anilines is 1. The number of carbonyl (C=O) groups is 4. The Balaban J connectivity index is 1.74. The molecule has 1 aromatic carbocycles. The van der Waals surface area contributed by atoms with Crippen LogP contribution >= 0.6 is 11.3 Å². The van der Waals surface area contributed by atoms with E-state index in [-0.39, 0.29) is 22.6 Å². The van der Waals surface area contributed by atoms with Gasteiger partial charge in [-0.1, -0.05) is 19.2 Å². The Hall–Kier alpha value is -4.09. The molecular weight excluding hydrogens is 546 g/mol. The van der Waals surface area contributed by atoms with Gasteiger partial charge in [0.25, 0.3) is 11.8 Å². The van der Waals surface area contributed by atoms with E-state index < -0.39 is 31.8 Å². The van der Waals surface area contributed by atoms with Crippen LogP contribution in [0.25, 0.3) is 5.57 Å². The zero-order chi connectivity index (χ0) is 29.1. The number of rotatable bonds is 5. The van der Waals surface area contributed by atoms with Crippen molar-refractivity contribution in [3.63, 3.8) is 0 Å². The van der Waals surface area contributed by atoms with Crippen molar-refractivity contribution in [1.82, 2.24) is 5.06 Å². The van der Waals surface area contributed by atoms with Crippen LogP contribution < -0.4 is 10.1 Å². The minimum atomic E-state index is -2.25. The number of carboxylic acids is 1. The van der Waals surface area contributed by atoms with Crippen molar-refractivity contribution in [1.29, 1.82) is 0 Å². The van der Waals surface area contributed by atoms with Crippen LogP contribution in [0, 0.1) is 0 Å². The Morgan fingerprint density at radius 2 is 1.73 bits per heavy atom. The minimum absolute atomic E-state index is 0.00704. The van der Waals surface area contributed by atoms with Crippen molar-refractivity contribution in [2.45, 2.75) is 25.9 Å². The van der Waals surface area contributed by atoms with E-state index in [2.05, 4.69) is 25.2 Å². The van der Waals surface area contributed by atoms with Gasteiger partial charge in [0.1, 0.15) is 31.9 Å². The van der Waals surface area contributed by atoms with Gasteiger partial charge >= 0.3 is 11.9 Å². The van der Waals surface area contributed by atoms with Crippen molar-refractivity contribution >= 4 is 65.3 Å². The van der Waals surface area contributed by atoms with Crippen molar-refractivity contribution in [2.75, 3.05) is 33.1 Å². The second-order valence-corrected chi connectivity index (χ2v) is 16.2. The van der Waals surface area contributed by atoms with E-state index in [1.54, 1.807) is 0 Å². The van der Waals surface area contributed by atoms with Gasteiger partial charge in [0.2, 0.25) is 0 Å². The number of benzene rings is 1. The predicted octanol–water partition coefficient (Wildman–Crippen LogP) is 3.21. The van der Waals surface area contributed by atoms with Gasteiger partial charge in [-0.25, -0.2) is 14.2 Å². The number of carbonyl (C=O) groups excluding carboxylic acids is 3. The number of amides is 2. The van der Waals surface area contributed by atoms with E-state index in [1.807, 2.05) is 62.0 Å². The van der Waals surface area contributed by atoms with Crippen molar-refractivity contribution in [3.8, 4) is 0 Å². The summed E-state index contributed by atoms with van der Waals surface area (Å²) in [5, 5.41) is 13.0. The van der Waals surface area contributed by atoms with E-state index in [0.717, 1.165) is 49.8 Å². The number of thiophene rings is 1. The van der Waals surface area contributed by atoms with Crippen LogP contribution in [0.1, 0.15) is 43.3 Å². The fraction of sp³-hybridized carbons (Fsp3) is 0.276. The molecule has 3 heterocycles. The number of aromatic carboxylic acids is 1. The maximum Gasteiger partial charge on any atom is 0.373 e. The summed E-state index contributed by atoms with van der Waals surface area (Å²) in [6.07, 6.45) is 6.16. The van der Waals surface area contributed by atoms with Gasteiger partial charge in [0.15, 0.2) is 5.71 Å². The van der Waals surface area contributed by atoms with Gasteiger partial charge in [-0.3, -0.25) is 9.59 Å². The molecule has 0 bridgehead atoms. The van der Waals surface area contributed by atoms with Crippen LogP contribution in [0.2, 0.25) is 13.1 Å². The molecule has 206 valence electrons. The first-order chi connectivity index (χ1) is 18.8. The summed E-state index contributed by atoms with van der Waals surface area (Å²) in [5.41, 5.74) is 5.06. The molecular formula is C29H30N3O6SSi+. The summed E-state index contributed by atoms with van der Waals surface area (Å²) in [4.78, 5) is 56.7. The third-order valence-corrected chi connectivity index (χ3v) is 12.1. The molecule has 2 aromatic rings. The normalized spacial score (nSPS) is 17.5. The van der Waals surface area contributed by atoms with E-state index in [0.29, 0.717) is 10.6 Å². The molecule has 1 N–H and O–H groups in total. The molecule has 11 heteroatoms. The largest absolute Gasteiger partial charge is 0.477 e. The van der Waals surface area contributed by atoms with E-state index in [9.17, 15) is 24.3 Å². The fourth-order valence-electron chi connectivity index (χ4n) is 5.29. The molecule has 0 spiro atoms. The van der Waals surface area contributed by atoms with E-state index in [4.69, 9.17) is 4.84 Å². The van der Waals surface area contributed by atoms with Gasteiger partial charge < -0.3 is 14.8 Å². The van der Waals surface area contributed by atoms with Crippen molar-refractivity contribution < 1.29 is 33.7 Å². The molecule has 1 aliphatic carbocycles. The number of hydrogen-bond acceptors (Lipinski definition) is 7. The molecule has 1 aromatic heterocycles. The summed E-state index contributed by atoms with van der Waals surface area (Å²) >= 11 is 0.771. The SMILES string of the molecule is CN(C)c1ccc2c(c1)[Si](C)(C)C1=CC(=[N+](C)C)C=CC1=C2c1cc(C(=O)ON2C(=O)CCC2=O)sc1C(=O)O. The van der Waals surface area contributed by atoms with Crippen LogP contribution in [-0.2, 0) is 14.4 Å². The first-order valence-corrected chi connectivity index (χ1v) is 16.6. The first kappa shape index (κ1) is 27.5. The third-order valence-electron chi connectivity index (χ3n) is 7.50. The van der Waals surface area contributed by atoms with Gasteiger partial charge in [-0.05, 0) is 51.4 Å². The summed E-state index contributed by atoms with van der Waals surface area (Å²) in [6, 6.07) is 7.72. The number of allylic oxidation sites excluding steroid dienone is 5. The number of hydroxylamine groups is 2. The van der Waals surface area contributed by atoms with Crippen LogP contribution in [-0.4, -0.2) is 80.5 Å². The zero-order valence-corrected chi connectivity index (χ0v) is 25.0. The molecule has 5 rings (SSSR count). The maximum absolute atomic E-state index is 13.0. The Labute approximate surface area is 236 Å². The standard InChI is InChI=1S/C29H29N3O6SSi/c1-30(2)16-7-9-18-22(13-16)40(5,6)23-14-17(31(3)4)8-10-19(23)26(18)20-15-21(39-27(20)28(35)36)29(37)38-32-24(33)11-12-25(32)34/h7-10,13-15H,11-12H2,1-6H3/p+1. The lowest BCUT2D eigenvalue weighted by Gasteiger charge is -2.38. The Kier molecular flexibility index (Phi) is 6.75. The lowest BCUT2D eigenvalue weighted by Crippen LogP contribution is -2.49. The number of nitrogens with zero attached hydrogens (tertiary/aromatic N) is 3. The zero-order valence-electron chi connectivity index (χ0n) is 23.2. The molecule has 2 amide bonds. The Bertz CT molecular complexity index is 1620. The quantitative estimate of drug-likeness (QED) is 0.331. The minimum Gasteiger partial charge on any atom is -0.477 e. The van der Waals surface area contributed by atoms with Gasteiger partial charge in [0.05, 0.1) is 0 Å². The highest BCUT2D eigenvalue weighted by atomic mass is 32.1. The number of fused-ring (bicyclic) bond motifs is 2. The third kappa shape index (κ3) is 4.44. The highest BCUT2D eigenvalue weighted by Crippen LogP contribution is 2.44. The highest BCUT2D eigenvalue weighted by Gasteiger charge is 2.42. The topological polar surface area (TPSA) is 107 Å². The molecule has 3 aliphatic rings. The van der Waals surface area contributed by atoms with Crippen molar-refractivity contribution in [3.05, 3.63) is 74.1 Å². The molecule has 9 nitrogen and oxygen atoms in total. The van der Waals surface area contributed by atoms with Crippen molar-refractivity contribution in [2.24, 2.45) is 0 Å².